The van der Waals surface area contributed by atoms with Gasteiger partial charge in [-0.15, -0.1) is 0 Å². The Morgan fingerprint density at radius 3 is 3.04 bits per heavy atom. The van der Waals surface area contributed by atoms with Gasteiger partial charge >= 0.3 is 6.03 Å². The summed E-state index contributed by atoms with van der Waals surface area (Å²) in [5.41, 5.74) is 2.07. The Kier molecular flexibility index (Phi) is 5.35. The van der Waals surface area contributed by atoms with Gasteiger partial charge in [-0.3, -0.25) is 0 Å². The molecule has 130 valence electrons. The third-order valence-corrected chi connectivity index (χ3v) is 4.72. The number of H-pyrrole nitrogens is 1. The van der Waals surface area contributed by atoms with Crippen LogP contribution in [-0.2, 0) is 6.42 Å². The number of imidazole rings is 1. The number of para-hydroxylation sites is 2. The first-order chi connectivity index (χ1) is 11.6. The predicted octanol–water partition coefficient (Wildman–Crippen LogP) is 2.23. The average Bonchev–Trinajstić information content (AvgIpc) is 3.01. The summed E-state index contributed by atoms with van der Waals surface area (Å²) in [5, 5.41) is 3.04. The molecule has 2 aromatic rings. The standard InChI is InChI=1S/C18H27N5O/c1-22(2)14-7-6-12-23(13-14)18(24)19-11-5-10-17-20-15-8-3-4-9-16(15)21-17/h3-4,8-9,14H,5-7,10-13H2,1-2H3,(H,19,24)(H,20,21)/t14-/m1/s1. The fraction of sp³-hybridized carbons (Fsp3) is 0.556. The molecule has 1 atom stereocenters. The van der Waals surface area contributed by atoms with Gasteiger partial charge in [0.2, 0.25) is 0 Å². The van der Waals surface area contributed by atoms with E-state index in [4.69, 9.17) is 0 Å². The maximum absolute atomic E-state index is 12.3. The van der Waals surface area contributed by atoms with Crippen LogP contribution in [0, 0.1) is 0 Å². The molecule has 1 aliphatic rings. The van der Waals surface area contributed by atoms with Gasteiger partial charge in [0.15, 0.2) is 0 Å². The van der Waals surface area contributed by atoms with Crippen LogP contribution in [0.25, 0.3) is 11.0 Å². The van der Waals surface area contributed by atoms with Gasteiger partial charge in [-0.1, -0.05) is 12.1 Å². The summed E-state index contributed by atoms with van der Waals surface area (Å²) >= 11 is 0. The number of piperidine rings is 1. The number of aryl methyl sites for hydroxylation is 1. The third kappa shape index (κ3) is 4.06. The second kappa shape index (κ2) is 7.66. The van der Waals surface area contributed by atoms with E-state index in [-0.39, 0.29) is 6.03 Å². The van der Waals surface area contributed by atoms with Crippen LogP contribution in [0.2, 0.25) is 0 Å². The number of benzene rings is 1. The Hall–Kier alpha value is -2.08. The fourth-order valence-electron chi connectivity index (χ4n) is 3.25. The van der Waals surface area contributed by atoms with Gasteiger partial charge in [0.1, 0.15) is 5.82 Å². The molecule has 6 heteroatoms. The van der Waals surface area contributed by atoms with E-state index in [9.17, 15) is 4.79 Å². The predicted molar refractivity (Wildman–Crippen MR) is 96.1 cm³/mol. The minimum Gasteiger partial charge on any atom is -0.342 e. The van der Waals surface area contributed by atoms with E-state index in [2.05, 4.69) is 34.3 Å². The van der Waals surface area contributed by atoms with Crippen molar-refractivity contribution in [2.24, 2.45) is 0 Å². The number of nitrogens with zero attached hydrogens (tertiary/aromatic N) is 3. The molecule has 1 aliphatic heterocycles. The lowest BCUT2D eigenvalue weighted by atomic mass is 10.1. The maximum atomic E-state index is 12.3. The van der Waals surface area contributed by atoms with Crippen molar-refractivity contribution in [2.45, 2.75) is 31.7 Å². The summed E-state index contributed by atoms with van der Waals surface area (Å²) in [4.78, 5) is 24.3. The number of carbonyl (C=O) groups excluding carboxylic acids is 1. The molecule has 0 spiro atoms. The molecule has 0 bridgehead atoms. The van der Waals surface area contributed by atoms with Gasteiger partial charge in [-0.25, -0.2) is 9.78 Å². The Bertz CT molecular complexity index is 648. The topological polar surface area (TPSA) is 64.3 Å². The van der Waals surface area contributed by atoms with Crippen molar-refractivity contribution in [3.8, 4) is 0 Å². The van der Waals surface area contributed by atoms with Crippen molar-refractivity contribution in [1.29, 1.82) is 0 Å². The average molecular weight is 329 g/mol. The molecule has 2 heterocycles. The van der Waals surface area contributed by atoms with Crippen LogP contribution in [0.5, 0.6) is 0 Å². The number of carbonyl (C=O) groups is 1. The van der Waals surface area contributed by atoms with E-state index in [0.29, 0.717) is 12.6 Å². The summed E-state index contributed by atoms with van der Waals surface area (Å²) in [6.45, 7) is 2.36. The second-order valence-corrected chi connectivity index (χ2v) is 6.74. The molecule has 2 amide bonds. The van der Waals surface area contributed by atoms with Gasteiger partial charge in [0, 0.05) is 32.1 Å². The molecule has 1 fully saturated rings. The normalized spacial score (nSPS) is 18.3. The number of fused-ring (bicyclic) bond motifs is 1. The van der Waals surface area contributed by atoms with Crippen molar-refractivity contribution >= 4 is 17.1 Å². The van der Waals surface area contributed by atoms with Crippen LogP contribution in [0.3, 0.4) is 0 Å². The highest BCUT2D eigenvalue weighted by Crippen LogP contribution is 2.14. The number of likely N-dealkylation sites (tertiary alicyclic amines) is 1. The second-order valence-electron chi connectivity index (χ2n) is 6.74. The number of aromatic amines is 1. The number of hydrogen-bond donors (Lipinski definition) is 2. The first kappa shape index (κ1) is 16.8. The molecule has 1 aromatic carbocycles. The fourth-order valence-corrected chi connectivity index (χ4v) is 3.25. The molecule has 6 nitrogen and oxygen atoms in total. The molecule has 0 unspecified atom stereocenters. The van der Waals surface area contributed by atoms with Crippen LogP contribution in [0.4, 0.5) is 4.79 Å². The van der Waals surface area contributed by atoms with Gasteiger partial charge in [0.05, 0.1) is 11.0 Å². The highest BCUT2D eigenvalue weighted by Gasteiger charge is 2.24. The zero-order chi connectivity index (χ0) is 16.9. The van der Waals surface area contributed by atoms with Gasteiger partial charge in [-0.2, -0.15) is 0 Å². The number of urea groups is 1. The highest BCUT2D eigenvalue weighted by atomic mass is 16.2. The zero-order valence-corrected chi connectivity index (χ0v) is 14.6. The van der Waals surface area contributed by atoms with E-state index in [1.165, 1.54) is 6.42 Å². The molecule has 1 aromatic heterocycles. The van der Waals surface area contributed by atoms with E-state index in [1.54, 1.807) is 0 Å². The number of nitrogens with one attached hydrogen (secondary N) is 2. The van der Waals surface area contributed by atoms with Crippen molar-refractivity contribution in [2.75, 3.05) is 33.7 Å². The molecule has 2 N–H and O–H groups in total. The molecule has 0 aliphatic carbocycles. The lowest BCUT2D eigenvalue weighted by Crippen LogP contribution is -2.50. The number of rotatable bonds is 5. The number of likely N-dealkylation sites (N-methyl/N-ethyl adjacent to an activating group) is 1. The Morgan fingerprint density at radius 2 is 2.25 bits per heavy atom. The van der Waals surface area contributed by atoms with Gasteiger partial charge in [0.25, 0.3) is 0 Å². The summed E-state index contributed by atoms with van der Waals surface area (Å²) in [6.07, 6.45) is 3.98. The lowest BCUT2D eigenvalue weighted by Gasteiger charge is -2.36. The van der Waals surface area contributed by atoms with Crippen molar-refractivity contribution < 1.29 is 4.79 Å². The van der Waals surface area contributed by atoms with Crippen LogP contribution in [0.1, 0.15) is 25.1 Å². The van der Waals surface area contributed by atoms with Crippen LogP contribution in [-0.4, -0.2) is 65.6 Å². The van der Waals surface area contributed by atoms with E-state index in [1.807, 2.05) is 29.2 Å². The lowest BCUT2D eigenvalue weighted by molar-refractivity contribution is 0.140. The number of aromatic nitrogens is 2. The summed E-state index contributed by atoms with van der Waals surface area (Å²) in [7, 11) is 4.17. The van der Waals surface area contributed by atoms with Crippen LogP contribution in [0.15, 0.2) is 24.3 Å². The minimum absolute atomic E-state index is 0.0613. The third-order valence-electron chi connectivity index (χ3n) is 4.72. The molecule has 0 saturated carbocycles. The largest absolute Gasteiger partial charge is 0.342 e. The van der Waals surface area contributed by atoms with Crippen LogP contribution >= 0.6 is 0 Å². The highest BCUT2D eigenvalue weighted by molar-refractivity contribution is 5.75. The SMILES string of the molecule is CN(C)[C@@H]1CCCN(C(=O)NCCCc2nc3ccccc3[nH]2)C1. The summed E-state index contributed by atoms with van der Waals surface area (Å²) in [5.74, 6) is 0.982. The Balaban J connectivity index is 1.42. The van der Waals surface area contributed by atoms with Crippen molar-refractivity contribution in [1.82, 2.24) is 25.1 Å². The minimum atomic E-state index is 0.0613. The number of amides is 2. The van der Waals surface area contributed by atoms with Gasteiger partial charge in [-0.05, 0) is 45.5 Å². The summed E-state index contributed by atoms with van der Waals surface area (Å²) in [6, 6.07) is 8.57. The van der Waals surface area contributed by atoms with Crippen LogP contribution < -0.4 is 5.32 Å². The first-order valence-electron chi connectivity index (χ1n) is 8.76. The first-order valence-corrected chi connectivity index (χ1v) is 8.76. The molecule has 24 heavy (non-hydrogen) atoms. The quantitative estimate of drug-likeness (QED) is 0.827. The maximum Gasteiger partial charge on any atom is 0.317 e. The Labute approximate surface area is 143 Å². The molecule has 1 saturated heterocycles. The van der Waals surface area contributed by atoms with Crippen molar-refractivity contribution in [3.63, 3.8) is 0 Å². The molecule has 3 rings (SSSR count). The number of hydrogen-bond acceptors (Lipinski definition) is 3. The van der Waals surface area contributed by atoms with E-state index < -0.39 is 0 Å². The van der Waals surface area contributed by atoms with Crippen molar-refractivity contribution in [3.05, 3.63) is 30.1 Å². The molecular weight excluding hydrogens is 302 g/mol. The zero-order valence-electron chi connectivity index (χ0n) is 14.6. The summed E-state index contributed by atoms with van der Waals surface area (Å²) < 4.78 is 0. The van der Waals surface area contributed by atoms with E-state index >= 15 is 0 Å². The Morgan fingerprint density at radius 1 is 1.42 bits per heavy atom. The monoisotopic (exact) mass is 329 g/mol. The van der Waals surface area contributed by atoms with E-state index in [0.717, 1.165) is 49.2 Å². The smallest absolute Gasteiger partial charge is 0.317 e. The molecular formula is C18H27N5O. The van der Waals surface area contributed by atoms with Gasteiger partial charge < -0.3 is 20.1 Å². The molecule has 0 radical (unpaired) electrons.